The molecule has 0 aromatic heterocycles. The molecule has 8 heteroatoms. The SMILES string of the molecule is O=C(N[C@@H]1C[C@H]2C[C@H]1[C@H]1CCC[C@H]21)c1cccc(NS(=O)(=O)c2ccc3c(c2)OCCO3)c1. The number of amides is 1. The standard InChI is InChI=1S/C25H28N2O5S/c28-25(26-22-13-16-12-21(22)20-6-2-5-19(16)20)15-3-1-4-17(11-15)27-33(29,30)18-7-8-23-24(14-18)32-10-9-31-23/h1,3-4,7-8,11,14,16,19-22,27H,2,5-6,9-10,12-13H2,(H,26,28)/t16-,19-,20+,21+,22-/m1/s1. The Morgan fingerprint density at radius 3 is 2.61 bits per heavy atom. The molecule has 7 nitrogen and oxygen atoms in total. The van der Waals surface area contributed by atoms with Gasteiger partial charge in [-0.25, -0.2) is 8.42 Å². The predicted octanol–water partition coefficient (Wildman–Crippen LogP) is 3.81. The predicted molar refractivity (Wildman–Crippen MR) is 123 cm³/mol. The van der Waals surface area contributed by atoms with Crippen molar-refractivity contribution in [3.8, 4) is 11.5 Å². The lowest BCUT2D eigenvalue weighted by Gasteiger charge is -2.32. The average molecular weight is 469 g/mol. The maximum atomic E-state index is 13.0. The molecule has 1 heterocycles. The second kappa shape index (κ2) is 7.94. The van der Waals surface area contributed by atoms with Gasteiger partial charge in [-0.15, -0.1) is 0 Å². The molecule has 0 radical (unpaired) electrons. The third-order valence-electron chi connectivity index (χ3n) is 7.95. The Balaban J connectivity index is 1.16. The van der Waals surface area contributed by atoms with E-state index < -0.39 is 10.0 Å². The molecule has 0 unspecified atom stereocenters. The summed E-state index contributed by atoms with van der Waals surface area (Å²) in [7, 11) is -3.85. The zero-order valence-electron chi connectivity index (χ0n) is 18.3. The van der Waals surface area contributed by atoms with Crippen LogP contribution in [0.25, 0.3) is 0 Å². The molecule has 0 spiro atoms. The van der Waals surface area contributed by atoms with Gasteiger partial charge in [-0.2, -0.15) is 0 Å². The lowest BCUT2D eigenvalue weighted by atomic mass is 9.79. The molecular formula is C25H28N2O5S. The largest absolute Gasteiger partial charge is 0.486 e. The molecule has 174 valence electrons. The Labute approximate surface area is 193 Å². The Hall–Kier alpha value is -2.74. The number of sulfonamides is 1. The molecule has 4 aliphatic rings. The van der Waals surface area contributed by atoms with Crippen molar-refractivity contribution < 1.29 is 22.7 Å². The van der Waals surface area contributed by atoms with Crippen LogP contribution < -0.4 is 19.5 Å². The quantitative estimate of drug-likeness (QED) is 0.696. The van der Waals surface area contributed by atoms with Crippen LogP contribution in [0.15, 0.2) is 47.4 Å². The van der Waals surface area contributed by atoms with Gasteiger partial charge in [-0.3, -0.25) is 9.52 Å². The van der Waals surface area contributed by atoms with Gasteiger partial charge in [0, 0.05) is 23.4 Å². The number of fused-ring (bicyclic) bond motifs is 6. The van der Waals surface area contributed by atoms with E-state index in [1.165, 1.54) is 37.8 Å². The van der Waals surface area contributed by atoms with E-state index in [0.717, 1.165) is 24.2 Å². The molecule has 3 fully saturated rings. The maximum Gasteiger partial charge on any atom is 0.262 e. The van der Waals surface area contributed by atoms with E-state index in [1.54, 1.807) is 30.3 Å². The van der Waals surface area contributed by atoms with Crippen LogP contribution in [-0.2, 0) is 10.0 Å². The van der Waals surface area contributed by atoms with Gasteiger partial charge in [-0.1, -0.05) is 12.5 Å². The lowest BCUT2D eigenvalue weighted by Crippen LogP contribution is -2.42. The first kappa shape index (κ1) is 20.8. The molecule has 0 saturated heterocycles. The molecule has 1 aliphatic heterocycles. The number of ether oxygens (including phenoxy) is 2. The first-order valence-corrected chi connectivity index (χ1v) is 13.3. The summed E-state index contributed by atoms with van der Waals surface area (Å²) in [6, 6.07) is 11.4. The van der Waals surface area contributed by atoms with E-state index in [0.29, 0.717) is 41.9 Å². The van der Waals surface area contributed by atoms with Crippen LogP contribution in [-0.4, -0.2) is 33.6 Å². The van der Waals surface area contributed by atoms with Gasteiger partial charge in [0.2, 0.25) is 0 Å². The average Bonchev–Trinajstić information content (AvgIpc) is 3.53. The highest BCUT2D eigenvalue weighted by molar-refractivity contribution is 7.92. The van der Waals surface area contributed by atoms with Gasteiger partial charge in [0.25, 0.3) is 15.9 Å². The third-order valence-corrected chi connectivity index (χ3v) is 9.33. The van der Waals surface area contributed by atoms with Gasteiger partial charge in [0.15, 0.2) is 11.5 Å². The minimum atomic E-state index is -3.85. The van der Waals surface area contributed by atoms with Crippen molar-refractivity contribution in [2.75, 3.05) is 17.9 Å². The molecule has 33 heavy (non-hydrogen) atoms. The van der Waals surface area contributed by atoms with Crippen LogP contribution in [0.4, 0.5) is 5.69 Å². The Bertz CT molecular complexity index is 1200. The summed E-state index contributed by atoms with van der Waals surface area (Å²) in [5.74, 6) is 3.82. The normalized spacial score (nSPS) is 29.5. The zero-order valence-corrected chi connectivity index (χ0v) is 19.1. The summed E-state index contributed by atoms with van der Waals surface area (Å²) in [5, 5.41) is 3.25. The van der Waals surface area contributed by atoms with Crippen molar-refractivity contribution in [1.29, 1.82) is 0 Å². The summed E-state index contributed by atoms with van der Waals surface area (Å²) in [5.41, 5.74) is 0.810. The van der Waals surface area contributed by atoms with E-state index in [-0.39, 0.29) is 16.8 Å². The second-order valence-electron chi connectivity index (χ2n) is 9.73. The first-order chi connectivity index (χ1) is 16.0. The number of anilines is 1. The van der Waals surface area contributed by atoms with Crippen LogP contribution in [0.3, 0.4) is 0 Å². The van der Waals surface area contributed by atoms with Gasteiger partial charge in [0.05, 0.1) is 4.90 Å². The number of rotatable bonds is 5. The highest BCUT2D eigenvalue weighted by Gasteiger charge is 2.54. The van der Waals surface area contributed by atoms with Crippen molar-refractivity contribution in [2.45, 2.75) is 43.0 Å². The van der Waals surface area contributed by atoms with Crippen molar-refractivity contribution in [1.82, 2.24) is 5.32 Å². The minimum absolute atomic E-state index is 0.0784. The van der Waals surface area contributed by atoms with E-state index >= 15 is 0 Å². The van der Waals surface area contributed by atoms with Crippen LogP contribution in [0.2, 0.25) is 0 Å². The Morgan fingerprint density at radius 1 is 0.909 bits per heavy atom. The third kappa shape index (κ3) is 3.74. The fraction of sp³-hybridized carbons (Fsp3) is 0.480. The summed E-state index contributed by atoms with van der Waals surface area (Å²) in [6.07, 6.45) is 6.31. The van der Waals surface area contributed by atoms with E-state index in [9.17, 15) is 13.2 Å². The monoisotopic (exact) mass is 468 g/mol. The van der Waals surface area contributed by atoms with Crippen molar-refractivity contribution in [3.05, 3.63) is 48.0 Å². The molecule has 2 bridgehead atoms. The summed E-state index contributed by atoms with van der Waals surface area (Å²) in [6.45, 7) is 0.820. The second-order valence-corrected chi connectivity index (χ2v) is 11.4. The van der Waals surface area contributed by atoms with E-state index in [2.05, 4.69) is 10.0 Å². The Morgan fingerprint density at radius 2 is 1.73 bits per heavy atom. The van der Waals surface area contributed by atoms with Gasteiger partial charge < -0.3 is 14.8 Å². The molecule has 5 atom stereocenters. The van der Waals surface area contributed by atoms with Crippen LogP contribution in [0.1, 0.15) is 42.5 Å². The van der Waals surface area contributed by atoms with Crippen LogP contribution >= 0.6 is 0 Å². The molecular weight excluding hydrogens is 440 g/mol. The van der Waals surface area contributed by atoms with Crippen molar-refractivity contribution >= 4 is 21.6 Å². The molecule has 3 aliphatic carbocycles. The summed E-state index contributed by atoms with van der Waals surface area (Å²) >= 11 is 0. The zero-order chi connectivity index (χ0) is 22.6. The van der Waals surface area contributed by atoms with Crippen LogP contribution in [0, 0.1) is 23.7 Å². The molecule has 2 aromatic carbocycles. The van der Waals surface area contributed by atoms with Crippen molar-refractivity contribution in [3.63, 3.8) is 0 Å². The number of hydrogen-bond acceptors (Lipinski definition) is 5. The number of carbonyl (C=O) groups is 1. The Kier molecular flexibility index (Phi) is 5.01. The highest BCUT2D eigenvalue weighted by Crippen LogP contribution is 2.58. The smallest absolute Gasteiger partial charge is 0.262 e. The summed E-state index contributed by atoms with van der Waals surface area (Å²) < 4.78 is 39.4. The summed E-state index contributed by atoms with van der Waals surface area (Å²) in [4.78, 5) is 13.1. The van der Waals surface area contributed by atoms with E-state index in [4.69, 9.17) is 9.47 Å². The fourth-order valence-corrected chi connectivity index (χ4v) is 7.68. The number of nitrogens with one attached hydrogen (secondary N) is 2. The number of benzene rings is 2. The van der Waals surface area contributed by atoms with Crippen LogP contribution in [0.5, 0.6) is 11.5 Å². The molecule has 2 aromatic rings. The fourth-order valence-electron chi connectivity index (χ4n) is 6.61. The molecule has 3 saturated carbocycles. The van der Waals surface area contributed by atoms with Gasteiger partial charge in [-0.05, 0) is 79.7 Å². The lowest BCUT2D eigenvalue weighted by molar-refractivity contribution is 0.0901. The molecule has 6 rings (SSSR count). The molecule has 2 N–H and O–H groups in total. The van der Waals surface area contributed by atoms with Gasteiger partial charge >= 0.3 is 0 Å². The number of hydrogen-bond donors (Lipinski definition) is 2. The topological polar surface area (TPSA) is 93.7 Å². The minimum Gasteiger partial charge on any atom is -0.486 e. The number of carbonyl (C=O) groups excluding carboxylic acids is 1. The highest BCUT2D eigenvalue weighted by atomic mass is 32.2. The van der Waals surface area contributed by atoms with Crippen molar-refractivity contribution in [2.24, 2.45) is 23.7 Å². The van der Waals surface area contributed by atoms with E-state index in [1.807, 2.05) is 0 Å². The first-order valence-electron chi connectivity index (χ1n) is 11.8. The maximum absolute atomic E-state index is 13.0. The van der Waals surface area contributed by atoms with Gasteiger partial charge in [0.1, 0.15) is 13.2 Å². The molecule has 1 amide bonds.